The third-order valence-corrected chi connectivity index (χ3v) is 6.22. The first kappa shape index (κ1) is 19.2. The molecule has 0 saturated heterocycles. The van der Waals surface area contributed by atoms with Gasteiger partial charge in [-0.1, -0.05) is 13.8 Å². The number of amides is 1. The van der Waals surface area contributed by atoms with Crippen molar-refractivity contribution in [2.75, 3.05) is 13.1 Å². The zero-order chi connectivity index (χ0) is 18.6. The van der Waals surface area contributed by atoms with E-state index in [4.69, 9.17) is 0 Å². The first-order valence-electron chi connectivity index (χ1n) is 8.33. The quantitative estimate of drug-likeness (QED) is 0.793. The number of nitrogens with one attached hydrogen (secondary N) is 2. The number of aromatic nitrogens is 1. The number of rotatable bonds is 7. The van der Waals surface area contributed by atoms with Crippen LogP contribution in [0.25, 0.3) is 0 Å². The number of carbonyl (C=O) groups is 1. The SMILES string of the molecule is CCN(CC)S(=O)(=O)c1ccc(C(=O)NCc2cc(C)[nH]c2C)cc1. The molecule has 0 saturated carbocycles. The zero-order valence-corrected chi connectivity index (χ0v) is 15.9. The van der Waals surface area contributed by atoms with Crippen LogP contribution in [-0.4, -0.2) is 36.7 Å². The highest BCUT2D eigenvalue weighted by molar-refractivity contribution is 7.89. The number of H-pyrrole nitrogens is 1. The molecule has 25 heavy (non-hydrogen) atoms. The van der Waals surface area contributed by atoms with Gasteiger partial charge in [-0.05, 0) is 49.7 Å². The summed E-state index contributed by atoms with van der Waals surface area (Å²) in [7, 11) is -3.50. The van der Waals surface area contributed by atoms with Crippen LogP contribution in [0.2, 0.25) is 0 Å². The second kappa shape index (κ2) is 7.84. The van der Waals surface area contributed by atoms with Crippen molar-refractivity contribution < 1.29 is 13.2 Å². The molecule has 0 radical (unpaired) electrons. The topological polar surface area (TPSA) is 82.3 Å². The van der Waals surface area contributed by atoms with Crippen LogP contribution in [0.15, 0.2) is 35.2 Å². The molecule has 0 spiro atoms. The van der Waals surface area contributed by atoms with Gasteiger partial charge in [0.15, 0.2) is 0 Å². The summed E-state index contributed by atoms with van der Waals surface area (Å²) in [5.74, 6) is -0.231. The highest BCUT2D eigenvalue weighted by atomic mass is 32.2. The second-order valence-corrected chi connectivity index (χ2v) is 7.84. The van der Waals surface area contributed by atoms with Crippen LogP contribution in [0.3, 0.4) is 0 Å². The average Bonchev–Trinajstić information content (AvgIpc) is 2.91. The van der Waals surface area contributed by atoms with Gasteiger partial charge >= 0.3 is 0 Å². The van der Waals surface area contributed by atoms with Crippen LogP contribution in [0.5, 0.6) is 0 Å². The van der Waals surface area contributed by atoms with Gasteiger partial charge in [-0.3, -0.25) is 4.79 Å². The van der Waals surface area contributed by atoms with Crippen molar-refractivity contribution in [1.82, 2.24) is 14.6 Å². The van der Waals surface area contributed by atoms with Gasteiger partial charge in [0.1, 0.15) is 0 Å². The number of hydrogen-bond acceptors (Lipinski definition) is 3. The number of hydrogen-bond donors (Lipinski definition) is 2. The number of carbonyl (C=O) groups excluding carboxylic acids is 1. The molecule has 7 heteroatoms. The van der Waals surface area contributed by atoms with E-state index in [-0.39, 0.29) is 10.8 Å². The summed E-state index contributed by atoms with van der Waals surface area (Å²) in [5.41, 5.74) is 3.54. The number of nitrogens with zero attached hydrogens (tertiary/aromatic N) is 1. The van der Waals surface area contributed by atoms with Crippen LogP contribution >= 0.6 is 0 Å². The van der Waals surface area contributed by atoms with E-state index < -0.39 is 10.0 Å². The van der Waals surface area contributed by atoms with Crippen molar-refractivity contribution in [3.05, 3.63) is 52.8 Å². The van der Waals surface area contributed by atoms with Crippen LogP contribution in [0.4, 0.5) is 0 Å². The van der Waals surface area contributed by atoms with Gasteiger partial charge in [0.2, 0.25) is 10.0 Å². The molecule has 2 rings (SSSR count). The van der Waals surface area contributed by atoms with E-state index in [1.165, 1.54) is 16.4 Å². The fraction of sp³-hybridized carbons (Fsp3) is 0.389. The Kier molecular flexibility index (Phi) is 6.02. The van der Waals surface area contributed by atoms with Crippen molar-refractivity contribution in [3.8, 4) is 0 Å². The molecule has 0 atom stereocenters. The summed E-state index contributed by atoms with van der Waals surface area (Å²) in [6.45, 7) is 8.78. The maximum atomic E-state index is 12.4. The summed E-state index contributed by atoms with van der Waals surface area (Å²) in [6, 6.07) is 8.04. The standard InChI is InChI=1S/C18H25N3O3S/c1-5-21(6-2)25(23,24)17-9-7-15(8-10-17)18(22)19-12-16-11-13(3)20-14(16)4/h7-11,20H,5-6,12H2,1-4H3,(H,19,22). The largest absolute Gasteiger partial charge is 0.362 e. The fourth-order valence-electron chi connectivity index (χ4n) is 2.73. The predicted molar refractivity (Wildman–Crippen MR) is 98.0 cm³/mol. The number of aromatic amines is 1. The monoisotopic (exact) mass is 363 g/mol. The second-order valence-electron chi connectivity index (χ2n) is 5.90. The van der Waals surface area contributed by atoms with Crippen molar-refractivity contribution in [2.24, 2.45) is 0 Å². The third-order valence-electron chi connectivity index (χ3n) is 4.16. The van der Waals surface area contributed by atoms with Gasteiger partial charge < -0.3 is 10.3 Å². The molecule has 136 valence electrons. The molecule has 0 unspecified atom stereocenters. The minimum atomic E-state index is -3.50. The van der Waals surface area contributed by atoms with E-state index in [0.717, 1.165) is 17.0 Å². The Morgan fingerprint density at radius 1 is 1.12 bits per heavy atom. The number of sulfonamides is 1. The lowest BCUT2D eigenvalue weighted by Gasteiger charge is -2.18. The first-order chi connectivity index (χ1) is 11.8. The molecule has 0 fully saturated rings. The Hall–Kier alpha value is -2.12. The lowest BCUT2D eigenvalue weighted by Crippen LogP contribution is -2.30. The molecule has 1 heterocycles. The Morgan fingerprint density at radius 3 is 2.20 bits per heavy atom. The molecule has 0 aliphatic heterocycles. The molecule has 2 aromatic rings. The maximum absolute atomic E-state index is 12.4. The van der Waals surface area contributed by atoms with E-state index in [1.54, 1.807) is 26.0 Å². The number of benzene rings is 1. The van der Waals surface area contributed by atoms with Crippen LogP contribution in [0, 0.1) is 13.8 Å². The predicted octanol–water partition coefficient (Wildman–Crippen LogP) is 2.59. The molecular formula is C18H25N3O3S. The lowest BCUT2D eigenvalue weighted by atomic mass is 10.2. The first-order valence-corrected chi connectivity index (χ1v) is 9.77. The van der Waals surface area contributed by atoms with Crippen molar-refractivity contribution >= 4 is 15.9 Å². The molecule has 1 aromatic carbocycles. The summed E-state index contributed by atoms with van der Waals surface area (Å²) in [6.07, 6.45) is 0. The van der Waals surface area contributed by atoms with Gasteiger partial charge in [0.25, 0.3) is 5.91 Å². The molecule has 1 amide bonds. The molecule has 6 nitrogen and oxygen atoms in total. The summed E-state index contributed by atoms with van der Waals surface area (Å²) in [5, 5.41) is 2.85. The maximum Gasteiger partial charge on any atom is 0.251 e. The Labute approximate surface area is 149 Å². The molecule has 0 bridgehead atoms. The zero-order valence-electron chi connectivity index (χ0n) is 15.1. The van der Waals surface area contributed by atoms with E-state index in [2.05, 4.69) is 10.3 Å². The summed E-state index contributed by atoms with van der Waals surface area (Å²) >= 11 is 0. The third kappa shape index (κ3) is 4.29. The summed E-state index contributed by atoms with van der Waals surface area (Å²) in [4.78, 5) is 15.7. The van der Waals surface area contributed by atoms with Crippen molar-refractivity contribution in [2.45, 2.75) is 39.1 Å². The minimum Gasteiger partial charge on any atom is -0.362 e. The molecule has 2 N–H and O–H groups in total. The highest BCUT2D eigenvalue weighted by Gasteiger charge is 2.21. The normalized spacial score (nSPS) is 11.7. The van der Waals surface area contributed by atoms with Crippen LogP contribution in [0.1, 0.15) is 41.2 Å². The van der Waals surface area contributed by atoms with Gasteiger partial charge in [-0.15, -0.1) is 0 Å². The van der Waals surface area contributed by atoms with Gasteiger partial charge in [-0.25, -0.2) is 8.42 Å². The minimum absolute atomic E-state index is 0.199. The van der Waals surface area contributed by atoms with Crippen molar-refractivity contribution in [3.63, 3.8) is 0 Å². The van der Waals surface area contributed by atoms with Gasteiger partial charge in [0, 0.05) is 36.6 Å². The Bertz CT molecular complexity index is 835. The van der Waals surface area contributed by atoms with Gasteiger partial charge in [0.05, 0.1) is 4.90 Å². The van der Waals surface area contributed by atoms with Crippen molar-refractivity contribution in [1.29, 1.82) is 0 Å². The molecular weight excluding hydrogens is 338 g/mol. The Morgan fingerprint density at radius 2 is 1.72 bits per heavy atom. The average molecular weight is 363 g/mol. The van der Waals surface area contributed by atoms with E-state index in [0.29, 0.717) is 25.2 Å². The smallest absolute Gasteiger partial charge is 0.251 e. The Balaban J connectivity index is 2.09. The number of aryl methyl sites for hydroxylation is 2. The lowest BCUT2D eigenvalue weighted by molar-refractivity contribution is 0.0951. The molecule has 0 aliphatic rings. The molecule has 1 aromatic heterocycles. The summed E-state index contributed by atoms with van der Waals surface area (Å²) < 4.78 is 26.3. The van der Waals surface area contributed by atoms with Crippen LogP contribution in [-0.2, 0) is 16.6 Å². The highest BCUT2D eigenvalue weighted by Crippen LogP contribution is 2.16. The van der Waals surface area contributed by atoms with Gasteiger partial charge in [-0.2, -0.15) is 4.31 Å². The molecule has 0 aliphatic carbocycles. The fourth-order valence-corrected chi connectivity index (χ4v) is 4.19. The van der Waals surface area contributed by atoms with E-state index >= 15 is 0 Å². The van der Waals surface area contributed by atoms with Crippen LogP contribution < -0.4 is 5.32 Å². The van der Waals surface area contributed by atoms with E-state index in [9.17, 15) is 13.2 Å². The van der Waals surface area contributed by atoms with E-state index in [1.807, 2.05) is 19.9 Å².